The Labute approximate surface area is 97.1 Å². The summed E-state index contributed by atoms with van der Waals surface area (Å²) in [5.41, 5.74) is -0.231. The maximum absolute atomic E-state index is 10.9. The van der Waals surface area contributed by atoms with Crippen molar-refractivity contribution in [2.75, 3.05) is 11.9 Å². The van der Waals surface area contributed by atoms with E-state index < -0.39 is 16.9 Å². The lowest BCUT2D eigenvalue weighted by Crippen LogP contribution is -2.38. The first-order valence-corrected chi connectivity index (χ1v) is 4.89. The number of carboxylic acid groups (broad SMARTS) is 1. The molecule has 0 saturated carbocycles. The molecule has 8 nitrogen and oxygen atoms in total. The molecule has 17 heavy (non-hydrogen) atoms. The largest absolute Gasteiger partial charge is 0.480 e. The first-order chi connectivity index (χ1) is 7.97. The zero-order chi connectivity index (χ0) is 13.0. The average molecular weight is 240 g/mol. The molecular weight excluding hydrogens is 228 g/mol. The summed E-state index contributed by atoms with van der Waals surface area (Å²) < 4.78 is 0. The van der Waals surface area contributed by atoms with Gasteiger partial charge in [-0.1, -0.05) is 6.92 Å². The minimum absolute atomic E-state index is 0.143. The van der Waals surface area contributed by atoms with Crippen LogP contribution in [0.25, 0.3) is 0 Å². The van der Waals surface area contributed by atoms with Crippen LogP contribution in [0.15, 0.2) is 12.4 Å². The first kappa shape index (κ1) is 12.8. The van der Waals surface area contributed by atoms with E-state index in [1.165, 1.54) is 11.9 Å². The molecule has 0 aliphatic heterocycles. The normalized spacial score (nSPS) is 11.9. The summed E-state index contributed by atoms with van der Waals surface area (Å²) in [5.74, 6) is -0.846. The van der Waals surface area contributed by atoms with Crippen LogP contribution in [-0.2, 0) is 4.79 Å². The Morgan fingerprint density at radius 3 is 2.47 bits per heavy atom. The van der Waals surface area contributed by atoms with Gasteiger partial charge in [-0.15, -0.1) is 0 Å². The highest BCUT2D eigenvalue weighted by Gasteiger charge is 2.22. The van der Waals surface area contributed by atoms with E-state index in [-0.39, 0.29) is 11.6 Å². The minimum Gasteiger partial charge on any atom is -0.480 e. The van der Waals surface area contributed by atoms with E-state index >= 15 is 0 Å². The third kappa shape index (κ3) is 2.86. The van der Waals surface area contributed by atoms with E-state index in [9.17, 15) is 14.9 Å². The molecule has 1 aromatic rings. The Bertz CT molecular complexity index is 420. The van der Waals surface area contributed by atoms with E-state index in [1.54, 1.807) is 6.92 Å². The van der Waals surface area contributed by atoms with Gasteiger partial charge in [0.2, 0.25) is 5.95 Å². The lowest BCUT2D eigenvalue weighted by Gasteiger charge is -2.23. The average Bonchev–Trinajstić information content (AvgIpc) is 2.29. The molecule has 1 heterocycles. The van der Waals surface area contributed by atoms with Crippen molar-refractivity contribution in [2.24, 2.45) is 0 Å². The van der Waals surface area contributed by atoms with Gasteiger partial charge in [-0.25, -0.2) is 14.8 Å². The maximum atomic E-state index is 10.9. The van der Waals surface area contributed by atoms with Crippen LogP contribution in [0, 0.1) is 10.1 Å². The molecule has 0 amide bonds. The predicted molar refractivity (Wildman–Crippen MR) is 58.8 cm³/mol. The molecule has 1 unspecified atom stereocenters. The Morgan fingerprint density at radius 2 is 2.12 bits per heavy atom. The van der Waals surface area contributed by atoms with E-state index in [4.69, 9.17) is 5.11 Å². The van der Waals surface area contributed by atoms with Crippen LogP contribution >= 0.6 is 0 Å². The van der Waals surface area contributed by atoms with Gasteiger partial charge in [0, 0.05) is 7.05 Å². The number of hydrogen-bond acceptors (Lipinski definition) is 6. The highest BCUT2D eigenvalue weighted by atomic mass is 16.6. The zero-order valence-electron chi connectivity index (χ0n) is 9.40. The molecule has 92 valence electrons. The molecule has 0 aromatic carbocycles. The molecule has 0 spiro atoms. The van der Waals surface area contributed by atoms with Crippen LogP contribution in [0.1, 0.15) is 13.3 Å². The molecule has 0 bridgehead atoms. The number of carbonyl (C=O) groups is 1. The molecule has 0 saturated heterocycles. The summed E-state index contributed by atoms with van der Waals surface area (Å²) >= 11 is 0. The Hall–Kier alpha value is -2.25. The first-order valence-electron chi connectivity index (χ1n) is 4.89. The molecule has 1 N–H and O–H groups in total. The van der Waals surface area contributed by atoms with Gasteiger partial charge in [-0.3, -0.25) is 10.1 Å². The molecule has 0 aliphatic carbocycles. The second-order valence-corrected chi connectivity index (χ2v) is 3.37. The molecule has 1 atom stereocenters. The number of likely N-dealkylation sites (N-methyl/N-ethyl adjacent to an activating group) is 1. The van der Waals surface area contributed by atoms with Crippen molar-refractivity contribution >= 4 is 17.6 Å². The Morgan fingerprint density at radius 1 is 1.59 bits per heavy atom. The summed E-state index contributed by atoms with van der Waals surface area (Å²) in [6.07, 6.45) is 2.48. The van der Waals surface area contributed by atoms with E-state index in [0.29, 0.717) is 6.42 Å². The number of rotatable bonds is 5. The summed E-state index contributed by atoms with van der Waals surface area (Å²) in [4.78, 5) is 29.6. The minimum atomic E-state index is -0.989. The molecule has 1 rings (SSSR count). The fourth-order valence-electron chi connectivity index (χ4n) is 1.34. The molecule has 0 fully saturated rings. The summed E-state index contributed by atoms with van der Waals surface area (Å²) in [7, 11) is 1.53. The summed E-state index contributed by atoms with van der Waals surface area (Å²) in [5, 5.41) is 19.3. The summed E-state index contributed by atoms with van der Waals surface area (Å²) in [6.45, 7) is 1.72. The van der Waals surface area contributed by atoms with Crippen LogP contribution in [0.5, 0.6) is 0 Å². The van der Waals surface area contributed by atoms with E-state index in [1.807, 2.05) is 0 Å². The van der Waals surface area contributed by atoms with Crippen LogP contribution in [0.2, 0.25) is 0 Å². The number of anilines is 1. The van der Waals surface area contributed by atoms with Gasteiger partial charge in [0.25, 0.3) is 0 Å². The van der Waals surface area contributed by atoms with E-state index in [2.05, 4.69) is 9.97 Å². The van der Waals surface area contributed by atoms with Gasteiger partial charge in [0.15, 0.2) is 0 Å². The van der Waals surface area contributed by atoms with Gasteiger partial charge in [0.1, 0.15) is 18.4 Å². The zero-order valence-corrected chi connectivity index (χ0v) is 9.40. The summed E-state index contributed by atoms with van der Waals surface area (Å²) in [6, 6.07) is -0.753. The number of nitrogens with zero attached hydrogens (tertiary/aromatic N) is 4. The molecular formula is C9H12N4O4. The second kappa shape index (κ2) is 5.19. The van der Waals surface area contributed by atoms with Crippen LogP contribution in [0.4, 0.5) is 11.6 Å². The van der Waals surface area contributed by atoms with Crippen molar-refractivity contribution in [1.29, 1.82) is 0 Å². The number of carboxylic acids is 1. The Kier molecular flexibility index (Phi) is 3.91. The predicted octanol–water partition coefficient (Wildman–Crippen LogP) is 0.684. The third-order valence-corrected chi connectivity index (χ3v) is 2.29. The lowest BCUT2D eigenvalue weighted by atomic mass is 10.2. The van der Waals surface area contributed by atoms with Crippen LogP contribution in [0.3, 0.4) is 0 Å². The van der Waals surface area contributed by atoms with Gasteiger partial charge < -0.3 is 10.0 Å². The lowest BCUT2D eigenvalue weighted by molar-refractivity contribution is -0.385. The monoisotopic (exact) mass is 240 g/mol. The van der Waals surface area contributed by atoms with Crippen molar-refractivity contribution in [2.45, 2.75) is 19.4 Å². The van der Waals surface area contributed by atoms with Gasteiger partial charge in [-0.05, 0) is 6.42 Å². The number of hydrogen-bond donors (Lipinski definition) is 1. The Balaban J connectivity index is 2.92. The fourth-order valence-corrected chi connectivity index (χ4v) is 1.34. The quantitative estimate of drug-likeness (QED) is 0.595. The van der Waals surface area contributed by atoms with Crippen LogP contribution in [-0.4, -0.2) is 39.1 Å². The van der Waals surface area contributed by atoms with Crippen molar-refractivity contribution in [3.63, 3.8) is 0 Å². The molecule has 0 radical (unpaired) electrons. The van der Waals surface area contributed by atoms with Gasteiger partial charge >= 0.3 is 11.7 Å². The van der Waals surface area contributed by atoms with Crippen LogP contribution < -0.4 is 4.90 Å². The number of nitro groups is 1. The fraction of sp³-hybridized carbons (Fsp3) is 0.444. The van der Waals surface area contributed by atoms with Crippen molar-refractivity contribution in [1.82, 2.24) is 9.97 Å². The van der Waals surface area contributed by atoms with Crippen molar-refractivity contribution in [3.8, 4) is 0 Å². The van der Waals surface area contributed by atoms with Gasteiger partial charge in [0.05, 0.1) is 4.92 Å². The molecule has 0 aliphatic rings. The van der Waals surface area contributed by atoms with Crippen molar-refractivity contribution in [3.05, 3.63) is 22.5 Å². The second-order valence-electron chi connectivity index (χ2n) is 3.37. The van der Waals surface area contributed by atoms with Gasteiger partial charge in [-0.2, -0.15) is 0 Å². The highest BCUT2D eigenvalue weighted by Crippen LogP contribution is 2.14. The number of aliphatic carboxylic acids is 1. The standard InChI is InChI=1S/C9H12N4O4/c1-3-7(8(14)15)12(2)9-10-4-6(5-11-9)13(16)17/h4-5,7H,3H2,1-2H3,(H,14,15). The third-order valence-electron chi connectivity index (χ3n) is 2.29. The number of aromatic nitrogens is 2. The SMILES string of the molecule is CCC(C(=O)O)N(C)c1ncc([N+](=O)[O-])cn1. The van der Waals surface area contributed by atoms with Crippen molar-refractivity contribution < 1.29 is 14.8 Å². The maximum Gasteiger partial charge on any atom is 0.326 e. The van der Waals surface area contributed by atoms with E-state index in [0.717, 1.165) is 12.4 Å². The molecule has 1 aromatic heterocycles. The highest BCUT2D eigenvalue weighted by molar-refractivity contribution is 5.77. The smallest absolute Gasteiger partial charge is 0.326 e. The molecule has 8 heteroatoms. The topological polar surface area (TPSA) is 109 Å².